The molecule has 2 amide bonds. The van der Waals surface area contributed by atoms with Crippen LogP contribution >= 0.6 is 11.3 Å². The maximum atomic E-state index is 13.4. The number of amides is 2. The first kappa shape index (κ1) is 31.0. The van der Waals surface area contributed by atoms with Crippen molar-refractivity contribution < 1.29 is 27.5 Å². The molecule has 0 fully saturated rings. The number of nitrogens with zero attached hydrogens (tertiary/aromatic N) is 3. The zero-order chi connectivity index (χ0) is 29.3. The molecule has 0 aliphatic heterocycles. The zero-order valence-electron chi connectivity index (χ0n) is 23.5. The van der Waals surface area contributed by atoms with Gasteiger partial charge in [-0.2, -0.15) is 0 Å². The van der Waals surface area contributed by atoms with Crippen LogP contribution in [0.5, 0.6) is 5.75 Å². The highest BCUT2D eigenvalue weighted by Crippen LogP contribution is 2.31. The summed E-state index contributed by atoms with van der Waals surface area (Å²) in [6.45, 7) is 10.2. The summed E-state index contributed by atoms with van der Waals surface area (Å²) in [6, 6.07) is 13.0. The van der Waals surface area contributed by atoms with Crippen molar-refractivity contribution in [2.24, 2.45) is 0 Å². The number of carbonyl (C=O) groups excluding carboxylic acids is 2. The molecule has 12 heteroatoms. The van der Waals surface area contributed by atoms with Crippen LogP contribution in [0.15, 0.2) is 53.4 Å². The van der Waals surface area contributed by atoms with Crippen LogP contribution in [0.1, 0.15) is 70.7 Å². The highest BCUT2D eigenvalue weighted by Gasteiger charge is 2.24. The zero-order valence-corrected chi connectivity index (χ0v) is 25.1. The molecule has 0 bridgehead atoms. The predicted octanol–water partition coefficient (Wildman–Crippen LogP) is 6.04. The third kappa shape index (κ3) is 8.75. The van der Waals surface area contributed by atoms with Crippen molar-refractivity contribution in [3.63, 3.8) is 0 Å². The van der Waals surface area contributed by atoms with E-state index in [1.165, 1.54) is 23.5 Å². The lowest BCUT2D eigenvalue weighted by Crippen LogP contribution is -2.36. The molecular weight excluding hydrogens is 552 g/mol. The smallest absolute Gasteiger partial charge is 0.421 e. The summed E-state index contributed by atoms with van der Waals surface area (Å²) in [5.74, 6) is 0.529. The molecule has 0 saturated carbocycles. The lowest BCUT2D eigenvalue weighted by atomic mass is 10.2. The Morgan fingerprint density at radius 3 is 2.20 bits per heavy atom. The molecule has 3 aromatic rings. The number of hydrogen-bond donors (Lipinski definition) is 1. The fraction of sp³-hybridized carbons (Fsp3) is 0.429. The van der Waals surface area contributed by atoms with Crippen molar-refractivity contribution in [2.75, 3.05) is 18.1 Å². The molecule has 216 valence electrons. The Morgan fingerprint density at radius 2 is 1.60 bits per heavy atom. The van der Waals surface area contributed by atoms with E-state index in [4.69, 9.17) is 9.47 Å². The second-order valence-electron chi connectivity index (χ2n) is 10.1. The van der Waals surface area contributed by atoms with E-state index in [2.05, 4.69) is 17.1 Å². The van der Waals surface area contributed by atoms with Crippen LogP contribution in [0.3, 0.4) is 0 Å². The Hall–Kier alpha value is -3.51. The Balaban J connectivity index is 1.76. The van der Waals surface area contributed by atoms with Crippen LogP contribution in [0.2, 0.25) is 0 Å². The normalized spacial score (nSPS) is 11.6. The molecule has 1 aromatic heterocycles. The summed E-state index contributed by atoms with van der Waals surface area (Å²) >= 11 is 1.23. The third-order valence-corrected chi connectivity index (χ3v) is 7.85. The molecule has 3 rings (SSSR count). The molecular formula is C28H36N4O6S2. The fourth-order valence-corrected chi connectivity index (χ4v) is 5.22. The summed E-state index contributed by atoms with van der Waals surface area (Å²) < 4.78 is 37.8. The summed E-state index contributed by atoms with van der Waals surface area (Å²) in [4.78, 5) is 26.9. The average molecular weight is 589 g/mol. The van der Waals surface area contributed by atoms with Crippen LogP contribution in [-0.4, -0.2) is 49.4 Å². The van der Waals surface area contributed by atoms with Crippen molar-refractivity contribution in [3.8, 4) is 16.3 Å². The van der Waals surface area contributed by atoms with E-state index in [1.807, 2.05) is 11.6 Å². The number of anilines is 1. The van der Waals surface area contributed by atoms with Gasteiger partial charge < -0.3 is 9.47 Å². The molecule has 2 aromatic carbocycles. The number of hydrogen-bond acceptors (Lipinski definition) is 9. The number of ether oxygens (including phenoxy) is 2. The van der Waals surface area contributed by atoms with Crippen molar-refractivity contribution in [1.29, 1.82) is 0 Å². The summed E-state index contributed by atoms with van der Waals surface area (Å²) in [5.41, 5.74) is 0.302. The van der Waals surface area contributed by atoms with Crippen LogP contribution in [0.25, 0.3) is 10.6 Å². The number of rotatable bonds is 12. The van der Waals surface area contributed by atoms with Gasteiger partial charge in [-0.1, -0.05) is 50.2 Å². The molecule has 40 heavy (non-hydrogen) atoms. The molecule has 10 nitrogen and oxygen atoms in total. The van der Waals surface area contributed by atoms with Gasteiger partial charge >= 0.3 is 6.09 Å². The van der Waals surface area contributed by atoms with E-state index in [0.29, 0.717) is 34.4 Å². The van der Waals surface area contributed by atoms with Crippen molar-refractivity contribution in [2.45, 2.75) is 70.8 Å². The van der Waals surface area contributed by atoms with Gasteiger partial charge in [0.15, 0.2) is 0 Å². The lowest BCUT2D eigenvalue weighted by Gasteiger charge is -2.19. The summed E-state index contributed by atoms with van der Waals surface area (Å²) in [6.07, 6.45) is 2.64. The molecule has 0 atom stereocenters. The van der Waals surface area contributed by atoms with E-state index in [-0.39, 0.29) is 10.8 Å². The number of aromatic nitrogens is 2. The Bertz CT molecular complexity index is 1380. The maximum Gasteiger partial charge on any atom is 0.421 e. The van der Waals surface area contributed by atoms with E-state index in [9.17, 15) is 18.0 Å². The van der Waals surface area contributed by atoms with Crippen molar-refractivity contribution in [3.05, 3.63) is 54.1 Å². The second kappa shape index (κ2) is 13.7. The van der Waals surface area contributed by atoms with E-state index in [0.717, 1.165) is 31.4 Å². The number of carbonyl (C=O) groups is 2. The van der Waals surface area contributed by atoms with Gasteiger partial charge in [0.25, 0.3) is 15.9 Å². The highest BCUT2D eigenvalue weighted by molar-refractivity contribution is 7.90. The van der Waals surface area contributed by atoms with Crippen LogP contribution in [0.4, 0.5) is 9.93 Å². The largest absolute Gasteiger partial charge is 0.494 e. The number of benzene rings is 2. The minimum absolute atomic E-state index is 0.103. The molecule has 0 saturated heterocycles. The quantitative estimate of drug-likeness (QED) is 0.254. The molecule has 0 aliphatic carbocycles. The van der Waals surface area contributed by atoms with Gasteiger partial charge in [0, 0.05) is 17.7 Å². The van der Waals surface area contributed by atoms with E-state index < -0.39 is 21.7 Å². The average Bonchev–Trinajstić information content (AvgIpc) is 3.38. The Labute approximate surface area is 239 Å². The third-order valence-electron chi connectivity index (χ3n) is 5.52. The highest BCUT2D eigenvalue weighted by atomic mass is 32.2. The molecule has 0 aliphatic rings. The molecule has 0 unspecified atom stereocenters. The van der Waals surface area contributed by atoms with Gasteiger partial charge in [-0.25, -0.2) is 17.9 Å². The lowest BCUT2D eigenvalue weighted by molar-refractivity contribution is 0.0570. The first-order valence-corrected chi connectivity index (χ1v) is 15.5. The van der Waals surface area contributed by atoms with Crippen molar-refractivity contribution in [1.82, 2.24) is 14.9 Å². The standard InChI is InChI=1S/C28H36N4O6S2/c1-6-8-18-32(25(33)21-10-14-22(15-11-21)37-19-9-7-2)26-30-29-24(39-26)20-12-16-23(17-13-20)40(35,36)31-27(34)38-28(3,4)5/h10-17H,6-9,18-19H2,1-5H3,(H,31,34). The van der Waals surface area contributed by atoms with Crippen LogP contribution in [0, 0.1) is 0 Å². The minimum Gasteiger partial charge on any atom is -0.494 e. The fourth-order valence-electron chi connectivity index (χ4n) is 3.47. The van der Waals surface area contributed by atoms with Crippen LogP contribution in [-0.2, 0) is 14.8 Å². The SMILES string of the molecule is CCCCOc1ccc(C(=O)N(CCCC)c2nnc(-c3ccc(S(=O)(=O)NC(=O)OC(C)(C)C)cc3)s2)cc1. The Morgan fingerprint density at radius 1 is 0.950 bits per heavy atom. The van der Waals surface area contributed by atoms with Gasteiger partial charge in [0.1, 0.15) is 16.4 Å². The monoisotopic (exact) mass is 588 g/mol. The molecule has 1 heterocycles. The molecule has 0 spiro atoms. The number of nitrogens with one attached hydrogen (secondary N) is 1. The van der Waals surface area contributed by atoms with Gasteiger partial charge in [0.2, 0.25) is 5.13 Å². The first-order valence-electron chi connectivity index (χ1n) is 13.2. The van der Waals surface area contributed by atoms with Gasteiger partial charge in [-0.3, -0.25) is 9.69 Å². The van der Waals surface area contributed by atoms with Crippen LogP contribution < -0.4 is 14.4 Å². The van der Waals surface area contributed by atoms with Gasteiger partial charge in [-0.05, 0) is 70.0 Å². The number of sulfonamides is 1. The topological polar surface area (TPSA) is 128 Å². The molecule has 1 N–H and O–H groups in total. The summed E-state index contributed by atoms with van der Waals surface area (Å²) in [5, 5.41) is 9.47. The summed E-state index contributed by atoms with van der Waals surface area (Å²) in [7, 11) is -4.12. The maximum absolute atomic E-state index is 13.4. The van der Waals surface area contributed by atoms with Gasteiger partial charge in [-0.15, -0.1) is 10.2 Å². The van der Waals surface area contributed by atoms with Gasteiger partial charge in [0.05, 0.1) is 11.5 Å². The van der Waals surface area contributed by atoms with Crippen molar-refractivity contribution >= 4 is 38.5 Å². The number of unbranched alkanes of at least 4 members (excludes halogenated alkanes) is 2. The molecule has 0 radical (unpaired) electrons. The Kier molecular flexibility index (Phi) is 10.6. The first-order chi connectivity index (χ1) is 18.9. The van der Waals surface area contributed by atoms with E-state index >= 15 is 0 Å². The minimum atomic E-state index is -4.12. The predicted molar refractivity (Wildman–Crippen MR) is 155 cm³/mol. The second-order valence-corrected chi connectivity index (χ2v) is 12.7. The van der Waals surface area contributed by atoms with E-state index in [1.54, 1.807) is 62.1 Å².